The van der Waals surface area contributed by atoms with Crippen LogP contribution in [0.4, 0.5) is 0 Å². The molecule has 0 aliphatic rings. The van der Waals surface area contributed by atoms with Crippen molar-refractivity contribution < 1.29 is 23.8 Å². The van der Waals surface area contributed by atoms with Crippen LogP contribution in [0.1, 0.15) is 265 Å². The number of esters is 2. The second-order valence-corrected chi connectivity index (χ2v) is 17.4. The molecule has 0 saturated carbocycles. The van der Waals surface area contributed by atoms with Crippen molar-refractivity contribution in [3.8, 4) is 0 Å². The van der Waals surface area contributed by atoms with Crippen molar-refractivity contribution in [1.82, 2.24) is 0 Å². The summed E-state index contributed by atoms with van der Waals surface area (Å²) in [5, 5.41) is 0. The molecule has 1 unspecified atom stereocenters. The van der Waals surface area contributed by atoms with E-state index in [4.69, 9.17) is 14.2 Å². The van der Waals surface area contributed by atoms with E-state index >= 15 is 0 Å². The molecule has 0 N–H and O–H groups in total. The van der Waals surface area contributed by atoms with Crippen LogP contribution in [-0.2, 0) is 23.8 Å². The molecule has 0 fully saturated rings. The van der Waals surface area contributed by atoms with E-state index < -0.39 is 6.10 Å². The second kappa shape index (κ2) is 51.2. The summed E-state index contributed by atoms with van der Waals surface area (Å²) in [6.07, 6.45) is 62.7. The van der Waals surface area contributed by atoms with Gasteiger partial charge in [0.1, 0.15) is 6.61 Å². The predicted molar refractivity (Wildman–Crippen MR) is 261 cm³/mol. The molecule has 0 radical (unpaired) electrons. The number of allylic oxidation sites excluding steroid dienone is 8. The minimum atomic E-state index is -0.559. The first kappa shape index (κ1) is 57.9. The Bertz CT molecular complexity index is 997. The van der Waals surface area contributed by atoms with Crippen LogP contribution in [0.25, 0.3) is 0 Å². The molecule has 0 spiro atoms. The minimum absolute atomic E-state index is 0.0685. The SMILES string of the molecule is CC/C=C\C/C=C\C/C=C\C/C=C\CCCOCC(COC(=O)CCCCCCCCCCCCCCCCCCC)OC(=O)CCCCCCCCCCCCCCC. The summed E-state index contributed by atoms with van der Waals surface area (Å²) in [6.45, 7) is 7.62. The number of hydrogen-bond acceptors (Lipinski definition) is 5. The zero-order chi connectivity index (χ0) is 43.5. The molecule has 0 aliphatic heterocycles. The number of carbonyl (C=O) groups is 2. The Balaban J connectivity index is 4.28. The van der Waals surface area contributed by atoms with Crippen LogP contribution in [-0.4, -0.2) is 37.9 Å². The molecule has 0 rings (SSSR count). The third-order valence-electron chi connectivity index (χ3n) is 11.4. The highest BCUT2D eigenvalue weighted by atomic mass is 16.6. The maximum Gasteiger partial charge on any atom is 0.306 e. The third kappa shape index (κ3) is 48.5. The topological polar surface area (TPSA) is 61.8 Å². The Morgan fingerprint density at radius 3 is 1.13 bits per heavy atom. The lowest BCUT2D eigenvalue weighted by atomic mass is 10.0. The fourth-order valence-electron chi connectivity index (χ4n) is 7.52. The summed E-state index contributed by atoms with van der Waals surface area (Å²) in [7, 11) is 0. The van der Waals surface area contributed by atoms with Gasteiger partial charge in [0.2, 0.25) is 0 Å². The van der Waals surface area contributed by atoms with Crippen LogP contribution in [0.2, 0.25) is 0 Å². The molecular weight excluding hydrogens is 741 g/mol. The Morgan fingerprint density at radius 2 is 0.733 bits per heavy atom. The van der Waals surface area contributed by atoms with Crippen LogP contribution in [0.5, 0.6) is 0 Å². The highest BCUT2D eigenvalue weighted by molar-refractivity contribution is 5.70. The van der Waals surface area contributed by atoms with Gasteiger partial charge in [-0.2, -0.15) is 0 Å². The summed E-state index contributed by atoms with van der Waals surface area (Å²) in [5.74, 6) is -0.413. The van der Waals surface area contributed by atoms with Gasteiger partial charge in [0.15, 0.2) is 6.10 Å². The van der Waals surface area contributed by atoms with Crippen molar-refractivity contribution in [3.05, 3.63) is 48.6 Å². The number of unbranched alkanes of at least 4 members (excludes halogenated alkanes) is 29. The Hall–Kier alpha value is -2.14. The van der Waals surface area contributed by atoms with Crippen LogP contribution >= 0.6 is 0 Å². The van der Waals surface area contributed by atoms with Crippen molar-refractivity contribution >= 4 is 11.9 Å². The van der Waals surface area contributed by atoms with E-state index in [9.17, 15) is 9.59 Å². The van der Waals surface area contributed by atoms with Crippen LogP contribution in [0, 0.1) is 0 Å². The van der Waals surface area contributed by atoms with E-state index in [0.717, 1.165) is 64.2 Å². The summed E-state index contributed by atoms with van der Waals surface area (Å²) in [4.78, 5) is 25.4. The summed E-state index contributed by atoms with van der Waals surface area (Å²) in [6, 6.07) is 0. The van der Waals surface area contributed by atoms with E-state index in [1.807, 2.05) is 0 Å². The molecule has 0 aromatic heterocycles. The van der Waals surface area contributed by atoms with Crippen LogP contribution < -0.4 is 0 Å². The lowest BCUT2D eigenvalue weighted by molar-refractivity contribution is -0.163. The monoisotopic (exact) mass is 841 g/mol. The van der Waals surface area contributed by atoms with Crippen molar-refractivity contribution in [3.63, 3.8) is 0 Å². The summed E-state index contributed by atoms with van der Waals surface area (Å²) in [5.41, 5.74) is 0. The van der Waals surface area contributed by atoms with Gasteiger partial charge in [-0.25, -0.2) is 0 Å². The Kier molecular flexibility index (Phi) is 49.4. The van der Waals surface area contributed by atoms with E-state index in [1.54, 1.807) is 0 Å². The van der Waals surface area contributed by atoms with Gasteiger partial charge in [-0.15, -0.1) is 0 Å². The third-order valence-corrected chi connectivity index (χ3v) is 11.4. The number of hydrogen-bond donors (Lipinski definition) is 0. The molecule has 0 aromatic carbocycles. The van der Waals surface area contributed by atoms with E-state index in [1.165, 1.54) is 167 Å². The molecule has 350 valence electrons. The molecule has 0 bridgehead atoms. The first-order valence-corrected chi connectivity index (χ1v) is 26.2. The molecule has 0 aliphatic carbocycles. The van der Waals surface area contributed by atoms with Gasteiger partial charge >= 0.3 is 11.9 Å². The van der Waals surface area contributed by atoms with Gasteiger partial charge in [-0.1, -0.05) is 249 Å². The zero-order valence-electron chi connectivity index (χ0n) is 40.2. The maximum absolute atomic E-state index is 12.8. The Labute approximate surface area is 373 Å². The number of carbonyl (C=O) groups excluding carboxylic acids is 2. The van der Waals surface area contributed by atoms with E-state index in [0.29, 0.717) is 19.4 Å². The largest absolute Gasteiger partial charge is 0.462 e. The molecule has 0 heterocycles. The van der Waals surface area contributed by atoms with E-state index in [-0.39, 0.29) is 25.2 Å². The zero-order valence-corrected chi connectivity index (χ0v) is 40.2. The first-order chi connectivity index (χ1) is 29.6. The molecule has 5 nitrogen and oxygen atoms in total. The molecular formula is C55H100O5. The molecule has 0 saturated heterocycles. The quantitative estimate of drug-likeness (QED) is 0.0347. The van der Waals surface area contributed by atoms with Crippen molar-refractivity contribution in [2.75, 3.05) is 19.8 Å². The molecule has 0 aromatic rings. The molecule has 1 atom stereocenters. The number of rotatable bonds is 48. The van der Waals surface area contributed by atoms with Crippen LogP contribution in [0.15, 0.2) is 48.6 Å². The van der Waals surface area contributed by atoms with Crippen molar-refractivity contribution in [1.29, 1.82) is 0 Å². The smallest absolute Gasteiger partial charge is 0.306 e. The standard InChI is InChI=1S/C55H100O5/c1-4-7-10-13-16-19-22-25-27-28-29-31-33-36-39-42-45-48-54(56)59-52-53(51-58-50-47-44-41-38-35-32-26-23-20-17-14-11-8-5-2)60-55(57)49-46-43-40-37-34-30-24-21-18-15-12-9-6-3/h8,11,17,20,26,32,38,41,53H,4-7,9-10,12-16,18-19,21-25,27-31,33-37,39-40,42-52H2,1-3H3/b11-8-,20-17-,32-26-,41-38-. The van der Waals surface area contributed by atoms with Crippen molar-refractivity contribution in [2.24, 2.45) is 0 Å². The van der Waals surface area contributed by atoms with Gasteiger partial charge in [-0.3, -0.25) is 9.59 Å². The van der Waals surface area contributed by atoms with Gasteiger partial charge in [0.25, 0.3) is 0 Å². The Morgan fingerprint density at radius 1 is 0.383 bits per heavy atom. The first-order valence-electron chi connectivity index (χ1n) is 26.2. The van der Waals surface area contributed by atoms with Gasteiger partial charge < -0.3 is 14.2 Å². The van der Waals surface area contributed by atoms with Gasteiger partial charge in [0, 0.05) is 19.4 Å². The average molecular weight is 841 g/mol. The normalized spacial score (nSPS) is 12.5. The fraction of sp³-hybridized carbons (Fsp3) is 0.818. The molecule has 0 amide bonds. The highest BCUT2D eigenvalue weighted by Gasteiger charge is 2.17. The average Bonchev–Trinajstić information content (AvgIpc) is 3.25. The van der Waals surface area contributed by atoms with E-state index in [2.05, 4.69) is 69.4 Å². The van der Waals surface area contributed by atoms with Crippen LogP contribution in [0.3, 0.4) is 0 Å². The lowest BCUT2D eigenvalue weighted by Gasteiger charge is -2.18. The maximum atomic E-state index is 12.8. The second-order valence-electron chi connectivity index (χ2n) is 17.4. The summed E-state index contributed by atoms with van der Waals surface area (Å²) < 4.78 is 17.3. The highest BCUT2D eigenvalue weighted by Crippen LogP contribution is 2.16. The van der Waals surface area contributed by atoms with Gasteiger partial charge in [0.05, 0.1) is 6.61 Å². The summed E-state index contributed by atoms with van der Waals surface area (Å²) >= 11 is 0. The lowest BCUT2D eigenvalue weighted by Crippen LogP contribution is -2.30. The number of ether oxygens (including phenoxy) is 3. The minimum Gasteiger partial charge on any atom is -0.462 e. The van der Waals surface area contributed by atoms with Crippen molar-refractivity contribution in [2.45, 2.75) is 271 Å². The molecule has 60 heavy (non-hydrogen) atoms. The fourth-order valence-corrected chi connectivity index (χ4v) is 7.52. The van der Waals surface area contributed by atoms with Gasteiger partial charge in [-0.05, 0) is 51.4 Å². The molecule has 5 heteroatoms. The predicted octanol–water partition coefficient (Wildman–Crippen LogP) is 17.6.